The van der Waals surface area contributed by atoms with Gasteiger partial charge in [-0.15, -0.1) is 0 Å². The summed E-state index contributed by atoms with van der Waals surface area (Å²) in [4.78, 5) is 2.11. The summed E-state index contributed by atoms with van der Waals surface area (Å²) in [5.74, 6) is 0. The average molecular weight is 201 g/mol. The molecule has 1 N–H and O–H groups in total. The van der Waals surface area contributed by atoms with E-state index in [0.717, 1.165) is 11.3 Å². The third kappa shape index (κ3) is 1.13. The molecule has 2 heterocycles. The van der Waals surface area contributed by atoms with E-state index in [0.29, 0.717) is 0 Å². The number of nitrogens with zero attached hydrogens (tertiary/aromatic N) is 2. The van der Waals surface area contributed by atoms with Crippen molar-refractivity contribution >= 4 is 11.9 Å². The monoisotopic (exact) mass is 201 g/mol. The maximum absolute atomic E-state index is 10.2. The number of fused-ring (bicyclic) bond motifs is 3. The zero-order valence-electron chi connectivity index (χ0n) is 8.54. The van der Waals surface area contributed by atoms with Gasteiger partial charge in [-0.25, -0.2) is 4.58 Å². The van der Waals surface area contributed by atoms with E-state index in [1.165, 1.54) is 0 Å². The Bertz CT molecular complexity index is 464. The molecule has 2 aliphatic rings. The second-order valence-electron chi connectivity index (χ2n) is 4.01. The van der Waals surface area contributed by atoms with Crippen LogP contribution in [0.15, 0.2) is 36.7 Å². The van der Waals surface area contributed by atoms with Crippen molar-refractivity contribution in [1.82, 2.24) is 0 Å². The Morgan fingerprint density at radius 3 is 3.00 bits per heavy atom. The summed E-state index contributed by atoms with van der Waals surface area (Å²) in [6.45, 7) is 0. The molecule has 0 aromatic heterocycles. The molecule has 0 spiro atoms. The molecule has 1 aromatic carbocycles. The molecule has 2 atom stereocenters. The summed E-state index contributed by atoms with van der Waals surface area (Å²) < 4.78 is 1.98. The van der Waals surface area contributed by atoms with Crippen LogP contribution in [-0.4, -0.2) is 29.0 Å². The number of benzene rings is 1. The van der Waals surface area contributed by atoms with E-state index in [4.69, 9.17) is 0 Å². The van der Waals surface area contributed by atoms with Crippen LogP contribution in [0.3, 0.4) is 0 Å². The summed E-state index contributed by atoms with van der Waals surface area (Å²) in [6.07, 6.45) is 5.61. The van der Waals surface area contributed by atoms with Gasteiger partial charge < -0.3 is 10.0 Å². The summed E-state index contributed by atoms with van der Waals surface area (Å²) in [5, 5.41) is 10.2. The molecule has 15 heavy (non-hydrogen) atoms. The molecule has 0 saturated heterocycles. The lowest BCUT2D eigenvalue weighted by atomic mass is 10.1. The van der Waals surface area contributed by atoms with Crippen LogP contribution in [0.2, 0.25) is 0 Å². The predicted molar refractivity (Wildman–Crippen MR) is 59.1 cm³/mol. The van der Waals surface area contributed by atoms with E-state index < -0.39 is 6.10 Å². The Kier molecular flexibility index (Phi) is 1.70. The van der Waals surface area contributed by atoms with Gasteiger partial charge >= 0.3 is 0 Å². The maximum Gasteiger partial charge on any atom is 0.184 e. The van der Waals surface area contributed by atoms with Gasteiger partial charge in [0.1, 0.15) is 19.2 Å². The molecule has 3 heteroatoms. The third-order valence-electron chi connectivity index (χ3n) is 3.03. The summed E-state index contributed by atoms with van der Waals surface area (Å²) in [7, 11) is 1.98. The van der Waals surface area contributed by atoms with Crippen LogP contribution in [0.25, 0.3) is 0 Å². The highest BCUT2D eigenvalue weighted by Crippen LogP contribution is 2.39. The number of anilines is 1. The molecular weight excluding hydrogens is 188 g/mol. The minimum absolute atomic E-state index is 0.0393. The second kappa shape index (κ2) is 2.94. The molecule has 0 radical (unpaired) electrons. The Morgan fingerprint density at radius 1 is 1.33 bits per heavy atom. The first-order valence-corrected chi connectivity index (χ1v) is 5.08. The van der Waals surface area contributed by atoms with Gasteiger partial charge in [0.2, 0.25) is 0 Å². The van der Waals surface area contributed by atoms with Crippen LogP contribution in [-0.2, 0) is 0 Å². The molecule has 3 nitrogen and oxygen atoms in total. The van der Waals surface area contributed by atoms with E-state index in [1.54, 1.807) is 0 Å². The lowest BCUT2D eigenvalue weighted by molar-refractivity contribution is -0.420. The quantitative estimate of drug-likeness (QED) is 0.636. The lowest BCUT2D eigenvalue weighted by Crippen LogP contribution is -2.36. The fourth-order valence-electron chi connectivity index (χ4n) is 2.27. The fourth-order valence-corrected chi connectivity index (χ4v) is 2.27. The van der Waals surface area contributed by atoms with Crippen molar-refractivity contribution in [3.63, 3.8) is 0 Å². The van der Waals surface area contributed by atoms with Gasteiger partial charge in [0.25, 0.3) is 0 Å². The zero-order valence-corrected chi connectivity index (χ0v) is 8.54. The topological polar surface area (TPSA) is 26.5 Å². The van der Waals surface area contributed by atoms with Crippen LogP contribution in [0.4, 0.5) is 5.69 Å². The highest BCUT2D eigenvalue weighted by atomic mass is 16.3. The van der Waals surface area contributed by atoms with E-state index in [9.17, 15) is 5.11 Å². The molecule has 0 fully saturated rings. The fraction of sp³-hybridized carbons (Fsp3) is 0.250. The first-order valence-electron chi connectivity index (χ1n) is 5.08. The standard InChI is InChI=1S/C12H13N2O/c1-13-6-7-14-10-5-3-2-4-9(10)12(15)11(14)8-13/h2-8,11-12,15H,1H3/q+1. The summed E-state index contributed by atoms with van der Waals surface area (Å²) in [5.41, 5.74) is 2.12. The van der Waals surface area contributed by atoms with Gasteiger partial charge in [-0.3, -0.25) is 0 Å². The second-order valence-corrected chi connectivity index (χ2v) is 4.01. The van der Waals surface area contributed by atoms with Gasteiger partial charge in [0, 0.05) is 11.3 Å². The van der Waals surface area contributed by atoms with Crippen molar-refractivity contribution in [2.45, 2.75) is 12.1 Å². The number of hydrogen-bond donors (Lipinski definition) is 1. The minimum Gasteiger partial charge on any atom is -0.386 e. The van der Waals surface area contributed by atoms with Crippen molar-refractivity contribution in [2.24, 2.45) is 0 Å². The zero-order chi connectivity index (χ0) is 10.4. The van der Waals surface area contributed by atoms with Crippen LogP contribution >= 0.6 is 0 Å². The molecule has 3 rings (SSSR count). The van der Waals surface area contributed by atoms with E-state index >= 15 is 0 Å². The van der Waals surface area contributed by atoms with E-state index in [1.807, 2.05) is 54.5 Å². The number of hydrogen-bond acceptors (Lipinski definition) is 2. The smallest absolute Gasteiger partial charge is 0.184 e. The molecule has 2 aliphatic heterocycles. The van der Waals surface area contributed by atoms with Gasteiger partial charge in [-0.1, -0.05) is 18.2 Å². The van der Waals surface area contributed by atoms with Crippen LogP contribution < -0.4 is 4.90 Å². The van der Waals surface area contributed by atoms with Crippen LogP contribution in [0.1, 0.15) is 11.7 Å². The maximum atomic E-state index is 10.2. The molecular formula is C12H13N2O+. The van der Waals surface area contributed by atoms with Gasteiger partial charge in [0.15, 0.2) is 12.4 Å². The van der Waals surface area contributed by atoms with Crippen LogP contribution in [0, 0.1) is 0 Å². The highest BCUT2D eigenvalue weighted by Gasteiger charge is 2.38. The molecule has 0 aliphatic carbocycles. The van der Waals surface area contributed by atoms with Gasteiger partial charge in [-0.05, 0) is 6.07 Å². The largest absolute Gasteiger partial charge is 0.386 e. The van der Waals surface area contributed by atoms with Gasteiger partial charge in [0.05, 0.1) is 6.20 Å². The van der Waals surface area contributed by atoms with Crippen molar-refractivity contribution in [3.05, 3.63) is 42.2 Å². The van der Waals surface area contributed by atoms with E-state index in [-0.39, 0.29) is 6.04 Å². The van der Waals surface area contributed by atoms with Crippen molar-refractivity contribution in [1.29, 1.82) is 0 Å². The molecule has 2 unspecified atom stereocenters. The average Bonchev–Trinajstić information content (AvgIpc) is 2.54. The number of para-hydroxylation sites is 1. The molecule has 1 aromatic rings. The number of rotatable bonds is 0. The van der Waals surface area contributed by atoms with Gasteiger partial charge in [-0.2, -0.15) is 0 Å². The SMILES string of the molecule is C[N+]1=CC2C(O)c3ccccc3N2C=C1. The van der Waals surface area contributed by atoms with Crippen LogP contribution in [0.5, 0.6) is 0 Å². The summed E-state index contributed by atoms with van der Waals surface area (Å²) in [6, 6.07) is 8.04. The summed E-state index contributed by atoms with van der Waals surface area (Å²) >= 11 is 0. The Morgan fingerprint density at radius 2 is 2.13 bits per heavy atom. The lowest BCUT2D eigenvalue weighted by Gasteiger charge is -2.21. The first-order chi connectivity index (χ1) is 7.27. The molecule has 76 valence electrons. The van der Waals surface area contributed by atoms with E-state index in [2.05, 4.69) is 4.90 Å². The molecule has 0 amide bonds. The molecule has 0 saturated carbocycles. The Hall–Kier alpha value is -1.61. The third-order valence-corrected chi connectivity index (χ3v) is 3.03. The number of aliphatic hydroxyl groups excluding tert-OH is 1. The number of aliphatic hydroxyl groups is 1. The predicted octanol–water partition coefficient (Wildman–Crippen LogP) is 1.11. The van der Waals surface area contributed by atoms with Crippen molar-refractivity contribution in [3.8, 4) is 0 Å². The Balaban J connectivity index is 2.14. The minimum atomic E-state index is -0.423. The first kappa shape index (κ1) is 8.68. The Labute approximate surface area is 88.6 Å². The van der Waals surface area contributed by atoms with Crippen molar-refractivity contribution < 1.29 is 9.68 Å². The normalized spacial score (nSPS) is 27.3. The van der Waals surface area contributed by atoms with Crippen molar-refractivity contribution in [2.75, 3.05) is 11.9 Å². The molecule has 0 bridgehead atoms. The highest BCUT2D eigenvalue weighted by molar-refractivity contribution is 5.77.